The van der Waals surface area contributed by atoms with Gasteiger partial charge < -0.3 is 9.84 Å². The summed E-state index contributed by atoms with van der Waals surface area (Å²) in [5.74, 6) is 0.701. The number of aliphatic hydroxyl groups excluding tert-OH is 1. The molecule has 0 amide bonds. The van der Waals surface area contributed by atoms with Crippen molar-refractivity contribution in [2.24, 2.45) is 0 Å². The van der Waals surface area contributed by atoms with Crippen molar-refractivity contribution in [1.82, 2.24) is 0 Å². The van der Waals surface area contributed by atoms with Crippen molar-refractivity contribution >= 4 is 11.6 Å². The van der Waals surface area contributed by atoms with Crippen LogP contribution < -0.4 is 4.74 Å². The van der Waals surface area contributed by atoms with E-state index >= 15 is 0 Å². The molecule has 1 N–H and O–H groups in total. The number of hydrogen-bond donors (Lipinski definition) is 1. The molecule has 2 nitrogen and oxygen atoms in total. The number of ether oxygens (including phenoxy) is 1. The highest BCUT2D eigenvalue weighted by Gasteiger charge is 2.08. The summed E-state index contributed by atoms with van der Waals surface area (Å²) in [5, 5.41) is 10.3. The van der Waals surface area contributed by atoms with Crippen LogP contribution >= 0.6 is 11.6 Å². The summed E-state index contributed by atoms with van der Waals surface area (Å²) in [6.07, 6.45) is -0.541. The summed E-state index contributed by atoms with van der Waals surface area (Å²) in [6, 6.07) is 15.0. The lowest BCUT2D eigenvalue weighted by Crippen LogP contribution is -2.00. The van der Waals surface area contributed by atoms with Crippen LogP contribution in [0.1, 0.15) is 24.2 Å². The van der Waals surface area contributed by atoms with E-state index in [4.69, 9.17) is 16.3 Å². The molecule has 0 fully saturated rings. The number of hydrogen-bond acceptors (Lipinski definition) is 2. The van der Waals surface area contributed by atoms with Crippen molar-refractivity contribution in [3.05, 3.63) is 64.7 Å². The van der Waals surface area contributed by atoms with Crippen LogP contribution in [0.5, 0.6) is 5.75 Å². The predicted molar refractivity (Wildman–Crippen MR) is 72.9 cm³/mol. The number of para-hydroxylation sites is 1. The number of halogens is 1. The molecular weight excluding hydrogens is 248 g/mol. The predicted octanol–water partition coefficient (Wildman–Crippen LogP) is 3.97. The highest BCUT2D eigenvalue weighted by atomic mass is 35.5. The van der Waals surface area contributed by atoms with Gasteiger partial charge in [0.05, 0.1) is 6.10 Å². The van der Waals surface area contributed by atoms with E-state index in [0.717, 1.165) is 11.1 Å². The maximum atomic E-state index is 9.64. The quantitative estimate of drug-likeness (QED) is 0.903. The van der Waals surface area contributed by atoms with E-state index in [0.29, 0.717) is 17.4 Å². The molecule has 0 aromatic heterocycles. The minimum atomic E-state index is -0.541. The molecule has 0 heterocycles. The fraction of sp³-hybridized carbons (Fsp3) is 0.200. The van der Waals surface area contributed by atoms with Crippen LogP contribution in [0.15, 0.2) is 48.5 Å². The maximum Gasteiger partial charge on any atom is 0.125 e. The van der Waals surface area contributed by atoms with Gasteiger partial charge in [-0.2, -0.15) is 0 Å². The number of aliphatic hydroxyl groups is 1. The second-order valence-electron chi connectivity index (χ2n) is 4.13. The van der Waals surface area contributed by atoms with Crippen molar-refractivity contribution in [3.8, 4) is 5.75 Å². The first-order valence-corrected chi connectivity index (χ1v) is 6.19. The summed E-state index contributed by atoms with van der Waals surface area (Å²) in [4.78, 5) is 0. The van der Waals surface area contributed by atoms with E-state index < -0.39 is 6.10 Å². The lowest BCUT2D eigenvalue weighted by atomic mass is 10.1. The van der Waals surface area contributed by atoms with Crippen LogP contribution in [0.25, 0.3) is 0 Å². The third-order valence-electron chi connectivity index (χ3n) is 2.65. The van der Waals surface area contributed by atoms with Gasteiger partial charge >= 0.3 is 0 Å². The molecule has 18 heavy (non-hydrogen) atoms. The molecule has 94 valence electrons. The first-order chi connectivity index (χ1) is 8.66. The van der Waals surface area contributed by atoms with E-state index in [2.05, 4.69) is 0 Å². The molecule has 0 unspecified atom stereocenters. The normalized spacial score (nSPS) is 12.2. The molecule has 0 bridgehead atoms. The Kier molecular flexibility index (Phi) is 4.24. The van der Waals surface area contributed by atoms with Crippen LogP contribution in [0.2, 0.25) is 5.02 Å². The van der Waals surface area contributed by atoms with Gasteiger partial charge in [0.25, 0.3) is 0 Å². The zero-order valence-electron chi connectivity index (χ0n) is 10.1. The monoisotopic (exact) mass is 262 g/mol. The Labute approximate surface area is 112 Å². The highest BCUT2D eigenvalue weighted by Crippen LogP contribution is 2.25. The molecule has 0 spiro atoms. The first-order valence-electron chi connectivity index (χ1n) is 5.81. The van der Waals surface area contributed by atoms with Gasteiger partial charge in [0.15, 0.2) is 0 Å². The maximum absolute atomic E-state index is 9.64. The van der Waals surface area contributed by atoms with E-state index in [1.807, 2.05) is 48.5 Å². The van der Waals surface area contributed by atoms with Crippen LogP contribution in [-0.2, 0) is 6.61 Å². The molecule has 0 aliphatic carbocycles. The van der Waals surface area contributed by atoms with Gasteiger partial charge in [0.1, 0.15) is 12.4 Å². The zero-order valence-corrected chi connectivity index (χ0v) is 10.9. The van der Waals surface area contributed by atoms with E-state index in [1.54, 1.807) is 6.92 Å². The SMILES string of the molecule is C[C@H](O)c1ccccc1OCc1cccc(Cl)c1. The Hall–Kier alpha value is -1.51. The largest absolute Gasteiger partial charge is 0.489 e. The van der Waals surface area contributed by atoms with Gasteiger partial charge in [-0.3, -0.25) is 0 Å². The fourth-order valence-corrected chi connectivity index (χ4v) is 1.96. The molecule has 0 saturated heterocycles. The van der Waals surface area contributed by atoms with E-state index in [-0.39, 0.29) is 0 Å². The molecule has 3 heteroatoms. The molecule has 0 aliphatic heterocycles. The van der Waals surface area contributed by atoms with Crippen molar-refractivity contribution in [2.45, 2.75) is 19.6 Å². The van der Waals surface area contributed by atoms with Crippen LogP contribution in [-0.4, -0.2) is 5.11 Å². The standard InChI is InChI=1S/C15H15ClO2/c1-11(17)14-7-2-3-8-15(14)18-10-12-5-4-6-13(16)9-12/h2-9,11,17H,10H2,1H3/t11-/m0/s1. The van der Waals surface area contributed by atoms with Gasteiger partial charge in [-0.05, 0) is 30.7 Å². The van der Waals surface area contributed by atoms with Crippen molar-refractivity contribution in [2.75, 3.05) is 0 Å². The highest BCUT2D eigenvalue weighted by molar-refractivity contribution is 6.30. The lowest BCUT2D eigenvalue weighted by molar-refractivity contribution is 0.190. The van der Waals surface area contributed by atoms with Gasteiger partial charge in [0, 0.05) is 10.6 Å². The summed E-state index contributed by atoms with van der Waals surface area (Å²) < 4.78 is 5.72. The molecule has 2 rings (SSSR count). The number of rotatable bonds is 4. The average molecular weight is 263 g/mol. The third kappa shape index (κ3) is 3.25. The summed E-state index contributed by atoms with van der Waals surface area (Å²) in [6.45, 7) is 2.16. The smallest absolute Gasteiger partial charge is 0.125 e. The van der Waals surface area contributed by atoms with E-state index in [1.165, 1.54) is 0 Å². The van der Waals surface area contributed by atoms with Crippen molar-refractivity contribution in [3.63, 3.8) is 0 Å². The molecule has 2 aromatic carbocycles. The van der Waals surface area contributed by atoms with Gasteiger partial charge in [-0.1, -0.05) is 41.9 Å². The second kappa shape index (κ2) is 5.89. The van der Waals surface area contributed by atoms with Crippen molar-refractivity contribution < 1.29 is 9.84 Å². The zero-order chi connectivity index (χ0) is 13.0. The lowest BCUT2D eigenvalue weighted by Gasteiger charge is -2.13. The molecule has 0 saturated carbocycles. The van der Waals surface area contributed by atoms with Crippen LogP contribution in [0.4, 0.5) is 0 Å². The van der Waals surface area contributed by atoms with Gasteiger partial charge in [0.2, 0.25) is 0 Å². The average Bonchev–Trinajstić information content (AvgIpc) is 2.37. The fourth-order valence-electron chi connectivity index (χ4n) is 1.74. The van der Waals surface area contributed by atoms with Gasteiger partial charge in [-0.25, -0.2) is 0 Å². The Morgan fingerprint density at radius 1 is 1.17 bits per heavy atom. The number of benzene rings is 2. The molecule has 0 aliphatic rings. The van der Waals surface area contributed by atoms with Crippen LogP contribution in [0, 0.1) is 0 Å². The Morgan fingerprint density at radius 2 is 1.94 bits per heavy atom. The Morgan fingerprint density at radius 3 is 2.67 bits per heavy atom. The molecule has 1 atom stereocenters. The van der Waals surface area contributed by atoms with Crippen molar-refractivity contribution in [1.29, 1.82) is 0 Å². The summed E-state index contributed by atoms with van der Waals surface area (Å²) in [5.41, 5.74) is 1.79. The minimum Gasteiger partial charge on any atom is -0.489 e. The first kappa shape index (κ1) is 12.9. The van der Waals surface area contributed by atoms with Gasteiger partial charge in [-0.15, -0.1) is 0 Å². The Bertz CT molecular complexity index is 523. The minimum absolute atomic E-state index is 0.435. The molecule has 0 radical (unpaired) electrons. The topological polar surface area (TPSA) is 29.5 Å². The molecular formula is C15H15ClO2. The third-order valence-corrected chi connectivity index (χ3v) is 2.89. The Balaban J connectivity index is 2.11. The van der Waals surface area contributed by atoms with E-state index in [9.17, 15) is 5.11 Å². The summed E-state index contributed by atoms with van der Waals surface area (Å²) in [7, 11) is 0. The van der Waals surface area contributed by atoms with Crippen LogP contribution in [0.3, 0.4) is 0 Å². The second-order valence-corrected chi connectivity index (χ2v) is 4.57. The summed E-state index contributed by atoms with van der Waals surface area (Å²) >= 11 is 5.91. The molecule has 2 aromatic rings.